The Morgan fingerprint density at radius 2 is 1.76 bits per heavy atom. The molecule has 3 N–H and O–H groups in total. The summed E-state index contributed by atoms with van der Waals surface area (Å²) < 4.78 is 6.30. The second kappa shape index (κ2) is 9.39. The maximum Gasteiger partial charge on any atom is 0.328 e. The number of hydrogen-bond donors (Lipinski definition) is 3. The largest absolute Gasteiger partial charge is 0.459 e. The highest BCUT2D eigenvalue weighted by atomic mass is 16.3. The number of amides is 2. The number of aromatic nitrogens is 2. The Morgan fingerprint density at radius 3 is 2.48 bits per heavy atom. The quantitative estimate of drug-likeness (QED) is 0.376. The minimum absolute atomic E-state index is 0.177. The van der Waals surface area contributed by atoms with E-state index in [2.05, 4.69) is 15.6 Å². The molecule has 0 saturated heterocycles. The highest BCUT2D eigenvalue weighted by Crippen LogP contribution is 2.14. The molecule has 0 spiro atoms. The van der Waals surface area contributed by atoms with Crippen LogP contribution in [0.4, 0.5) is 5.69 Å². The van der Waals surface area contributed by atoms with E-state index >= 15 is 0 Å². The summed E-state index contributed by atoms with van der Waals surface area (Å²) in [5, 5.41) is 5.92. The Labute approximate surface area is 188 Å². The zero-order chi connectivity index (χ0) is 23.4. The number of furan rings is 1. The minimum Gasteiger partial charge on any atom is -0.459 e. The van der Waals surface area contributed by atoms with E-state index in [1.54, 1.807) is 61.5 Å². The van der Waals surface area contributed by atoms with Crippen molar-refractivity contribution in [3.63, 3.8) is 0 Å². The summed E-state index contributed by atoms with van der Waals surface area (Å²) >= 11 is 0. The molecule has 9 nitrogen and oxygen atoms in total. The summed E-state index contributed by atoms with van der Waals surface area (Å²) in [6.45, 7) is 2.24. The molecule has 9 heteroatoms. The summed E-state index contributed by atoms with van der Waals surface area (Å²) in [5.74, 6) is -0.427. The Balaban J connectivity index is 1.31. The van der Waals surface area contributed by atoms with Crippen LogP contribution in [0.3, 0.4) is 0 Å². The van der Waals surface area contributed by atoms with Gasteiger partial charge in [-0.2, -0.15) is 0 Å². The lowest BCUT2D eigenvalue weighted by atomic mass is 10.2. The zero-order valence-electron chi connectivity index (χ0n) is 17.9. The van der Waals surface area contributed by atoms with Crippen molar-refractivity contribution in [1.82, 2.24) is 14.9 Å². The van der Waals surface area contributed by atoms with Crippen LogP contribution in [0.2, 0.25) is 0 Å². The fraction of sp³-hybridized carbons (Fsp3) is 0.167. The van der Waals surface area contributed by atoms with Crippen LogP contribution in [-0.4, -0.2) is 27.9 Å². The van der Waals surface area contributed by atoms with Crippen molar-refractivity contribution >= 4 is 28.4 Å². The van der Waals surface area contributed by atoms with E-state index in [1.165, 1.54) is 6.26 Å². The molecule has 33 heavy (non-hydrogen) atoms. The molecule has 2 heterocycles. The number of para-hydroxylation sites is 1. The lowest BCUT2D eigenvalue weighted by Gasteiger charge is -2.09. The standard InChI is InChI=1S/C24H22N4O5/c1-15-11-14-33-20(15)22(30)26-17-9-7-16(8-10-17)21(29)25-12-4-13-28-23(31)18-5-2-3-6-19(18)27-24(28)32/h2-3,5-11,14H,4,12-13H2,1H3,(H,25,29)(H,26,30)(H,27,32). The van der Waals surface area contributed by atoms with Crippen molar-refractivity contribution in [3.8, 4) is 0 Å². The van der Waals surface area contributed by atoms with Crippen LogP contribution in [0, 0.1) is 6.92 Å². The number of fused-ring (bicyclic) bond motifs is 1. The van der Waals surface area contributed by atoms with Gasteiger partial charge in [-0.1, -0.05) is 12.1 Å². The van der Waals surface area contributed by atoms with E-state index in [-0.39, 0.29) is 36.2 Å². The molecule has 0 unspecified atom stereocenters. The molecule has 0 atom stereocenters. The van der Waals surface area contributed by atoms with Gasteiger partial charge in [0.05, 0.1) is 17.2 Å². The van der Waals surface area contributed by atoms with Gasteiger partial charge in [0, 0.05) is 29.9 Å². The highest BCUT2D eigenvalue weighted by molar-refractivity contribution is 6.03. The number of hydrogen-bond acceptors (Lipinski definition) is 5. The van der Waals surface area contributed by atoms with Crippen molar-refractivity contribution < 1.29 is 14.0 Å². The number of carbonyl (C=O) groups is 2. The Morgan fingerprint density at radius 1 is 1.00 bits per heavy atom. The molecular formula is C24H22N4O5. The van der Waals surface area contributed by atoms with Crippen molar-refractivity contribution in [3.05, 3.63) is 98.6 Å². The molecule has 2 aromatic heterocycles. The fourth-order valence-electron chi connectivity index (χ4n) is 3.44. The molecule has 0 bridgehead atoms. The van der Waals surface area contributed by atoms with Gasteiger partial charge >= 0.3 is 5.69 Å². The molecule has 168 valence electrons. The van der Waals surface area contributed by atoms with Gasteiger partial charge in [-0.05, 0) is 55.8 Å². The Bertz CT molecular complexity index is 1430. The third-order valence-electron chi connectivity index (χ3n) is 5.21. The number of aryl methyl sites for hydroxylation is 1. The first-order valence-electron chi connectivity index (χ1n) is 10.4. The maximum atomic E-state index is 12.5. The molecule has 0 saturated carbocycles. The van der Waals surface area contributed by atoms with Crippen molar-refractivity contribution in [2.24, 2.45) is 0 Å². The number of nitrogens with zero attached hydrogens (tertiary/aromatic N) is 1. The molecule has 4 rings (SSSR count). The smallest absolute Gasteiger partial charge is 0.328 e. The molecule has 0 aliphatic carbocycles. The van der Waals surface area contributed by atoms with E-state index in [0.717, 1.165) is 10.1 Å². The third kappa shape index (κ3) is 4.77. The van der Waals surface area contributed by atoms with Crippen LogP contribution in [0.15, 0.2) is 74.9 Å². The van der Waals surface area contributed by atoms with E-state index in [0.29, 0.717) is 28.6 Å². The van der Waals surface area contributed by atoms with E-state index < -0.39 is 5.69 Å². The van der Waals surface area contributed by atoms with E-state index in [9.17, 15) is 19.2 Å². The fourth-order valence-corrected chi connectivity index (χ4v) is 3.44. The zero-order valence-corrected chi connectivity index (χ0v) is 17.9. The Kier molecular flexibility index (Phi) is 6.21. The molecule has 2 aromatic carbocycles. The van der Waals surface area contributed by atoms with Gasteiger partial charge in [0.25, 0.3) is 17.4 Å². The average molecular weight is 446 g/mol. The SMILES string of the molecule is Cc1ccoc1C(=O)Nc1ccc(C(=O)NCCCn2c(=O)[nH]c3ccccc3c2=O)cc1. The number of nitrogens with one attached hydrogen (secondary N) is 3. The number of rotatable bonds is 7. The normalized spacial score (nSPS) is 10.8. The van der Waals surface area contributed by atoms with Crippen LogP contribution in [0.25, 0.3) is 10.9 Å². The molecule has 0 aliphatic rings. The van der Waals surface area contributed by atoms with Crippen LogP contribution in [0.1, 0.15) is 32.9 Å². The summed E-state index contributed by atoms with van der Waals surface area (Å²) in [4.78, 5) is 52.0. The highest BCUT2D eigenvalue weighted by Gasteiger charge is 2.13. The van der Waals surface area contributed by atoms with Crippen LogP contribution < -0.4 is 21.9 Å². The van der Waals surface area contributed by atoms with Gasteiger partial charge in [0.1, 0.15) is 0 Å². The van der Waals surface area contributed by atoms with Crippen molar-refractivity contribution in [1.29, 1.82) is 0 Å². The summed E-state index contributed by atoms with van der Waals surface area (Å²) in [5.41, 5.74) is 1.34. The molecule has 2 amide bonds. The summed E-state index contributed by atoms with van der Waals surface area (Å²) in [6, 6.07) is 15.0. The van der Waals surface area contributed by atoms with Gasteiger partial charge < -0.3 is 20.0 Å². The minimum atomic E-state index is -0.479. The predicted molar refractivity (Wildman–Crippen MR) is 124 cm³/mol. The number of aromatic amines is 1. The average Bonchev–Trinajstić information content (AvgIpc) is 3.25. The first kappa shape index (κ1) is 21.8. The van der Waals surface area contributed by atoms with Gasteiger partial charge in [0.2, 0.25) is 0 Å². The second-order valence-electron chi connectivity index (χ2n) is 7.51. The molecule has 0 fully saturated rings. The number of benzene rings is 2. The number of carbonyl (C=O) groups excluding carboxylic acids is 2. The van der Waals surface area contributed by atoms with Gasteiger partial charge in [-0.25, -0.2) is 4.79 Å². The van der Waals surface area contributed by atoms with E-state index in [4.69, 9.17) is 4.42 Å². The topological polar surface area (TPSA) is 126 Å². The van der Waals surface area contributed by atoms with Gasteiger partial charge in [-0.3, -0.25) is 19.0 Å². The first-order chi connectivity index (χ1) is 15.9. The predicted octanol–water partition coefficient (Wildman–Crippen LogP) is 2.66. The van der Waals surface area contributed by atoms with Crippen LogP contribution in [0.5, 0.6) is 0 Å². The number of H-pyrrole nitrogens is 1. The third-order valence-corrected chi connectivity index (χ3v) is 5.21. The van der Waals surface area contributed by atoms with Crippen LogP contribution >= 0.6 is 0 Å². The van der Waals surface area contributed by atoms with Gasteiger partial charge in [-0.15, -0.1) is 0 Å². The summed E-state index contributed by atoms with van der Waals surface area (Å²) in [6.07, 6.45) is 1.86. The molecule has 0 radical (unpaired) electrons. The lowest BCUT2D eigenvalue weighted by Crippen LogP contribution is -2.36. The monoisotopic (exact) mass is 446 g/mol. The molecule has 4 aromatic rings. The van der Waals surface area contributed by atoms with Gasteiger partial charge in [0.15, 0.2) is 5.76 Å². The van der Waals surface area contributed by atoms with E-state index in [1.807, 2.05) is 0 Å². The van der Waals surface area contributed by atoms with Crippen molar-refractivity contribution in [2.75, 3.05) is 11.9 Å². The second-order valence-corrected chi connectivity index (χ2v) is 7.51. The van der Waals surface area contributed by atoms with Crippen LogP contribution in [-0.2, 0) is 6.54 Å². The molecule has 0 aliphatic heterocycles. The number of anilines is 1. The Hall–Kier alpha value is -4.40. The summed E-state index contributed by atoms with van der Waals surface area (Å²) in [7, 11) is 0. The van der Waals surface area contributed by atoms with Crippen molar-refractivity contribution in [2.45, 2.75) is 19.9 Å². The molecular weight excluding hydrogens is 424 g/mol. The maximum absolute atomic E-state index is 12.5. The first-order valence-corrected chi connectivity index (χ1v) is 10.4. The lowest BCUT2D eigenvalue weighted by molar-refractivity contribution is 0.0951.